The van der Waals surface area contributed by atoms with Crippen molar-refractivity contribution in [2.24, 2.45) is 28.9 Å². The highest BCUT2D eigenvalue weighted by molar-refractivity contribution is 5.82. The van der Waals surface area contributed by atoms with E-state index in [9.17, 15) is 14.7 Å². The number of aromatic nitrogens is 1. The van der Waals surface area contributed by atoms with Crippen LogP contribution >= 0.6 is 0 Å². The Balaban J connectivity index is 1.04. The Labute approximate surface area is 239 Å². The maximum Gasteiger partial charge on any atom is 0.431 e. The third kappa shape index (κ3) is 4.58. The van der Waals surface area contributed by atoms with E-state index in [1.165, 1.54) is 0 Å². The Kier molecular flexibility index (Phi) is 6.34. The average molecular weight is 554 g/mol. The summed E-state index contributed by atoms with van der Waals surface area (Å²) in [5, 5.41) is 14.1. The summed E-state index contributed by atoms with van der Waals surface area (Å²) in [6.45, 7) is 1.13. The second-order valence-electron chi connectivity index (χ2n) is 12.2. The molecule has 5 atom stereocenters. The number of anilines is 3. The summed E-state index contributed by atoms with van der Waals surface area (Å²) in [6.07, 6.45) is 5.78. The predicted octanol–water partition coefficient (Wildman–Crippen LogP) is 4.52. The summed E-state index contributed by atoms with van der Waals surface area (Å²) in [5.41, 5.74) is 10.9. The van der Waals surface area contributed by atoms with Crippen LogP contribution < -0.4 is 21.0 Å². The number of nitrogens with one attached hydrogen (secondary N) is 1. The molecule has 41 heavy (non-hydrogen) atoms. The molecule has 0 radical (unpaired) electrons. The maximum absolute atomic E-state index is 13.2. The van der Waals surface area contributed by atoms with Gasteiger partial charge in [0, 0.05) is 35.4 Å². The lowest BCUT2D eigenvalue weighted by Gasteiger charge is -2.58. The Hall–Kier alpha value is -4.11. The second kappa shape index (κ2) is 10.1. The molecule has 1 aliphatic heterocycles. The van der Waals surface area contributed by atoms with Crippen LogP contribution in [0.15, 0.2) is 66.9 Å². The van der Waals surface area contributed by atoms with Crippen LogP contribution in [0, 0.1) is 23.2 Å². The van der Waals surface area contributed by atoms with E-state index in [4.69, 9.17) is 10.6 Å². The van der Waals surface area contributed by atoms with Gasteiger partial charge in [-0.05, 0) is 85.8 Å². The van der Waals surface area contributed by atoms with Crippen molar-refractivity contribution >= 4 is 29.1 Å². The van der Waals surface area contributed by atoms with Crippen LogP contribution in [0.3, 0.4) is 0 Å². The highest BCUT2D eigenvalue weighted by Gasteiger charge is 2.58. The number of fused-ring (bicyclic) bond motifs is 1. The molecule has 9 heteroatoms. The second-order valence-corrected chi connectivity index (χ2v) is 12.2. The molecule has 0 spiro atoms. The van der Waals surface area contributed by atoms with Crippen molar-refractivity contribution in [2.45, 2.75) is 44.8 Å². The summed E-state index contributed by atoms with van der Waals surface area (Å²) < 4.78 is 0. The summed E-state index contributed by atoms with van der Waals surface area (Å²) in [6, 6.07) is 20.0. The van der Waals surface area contributed by atoms with Gasteiger partial charge in [0.1, 0.15) is 0 Å². The molecule has 9 nitrogen and oxygen atoms in total. The summed E-state index contributed by atoms with van der Waals surface area (Å²) in [4.78, 5) is 38.1. The van der Waals surface area contributed by atoms with Crippen LogP contribution in [0.2, 0.25) is 0 Å². The number of nitrogens with zero attached hydrogens (tertiary/aromatic N) is 3. The van der Waals surface area contributed by atoms with Crippen LogP contribution in [-0.4, -0.2) is 41.2 Å². The number of primary amides is 1. The molecule has 2 heterocycles. The minimum Gasteiger partial charge on any atom is -0.392 e. The van der Waals surface area contributed by atoms with Gasteiger partial charge in [-0.1, -0.05) is 30.3 Å². The first-order chi connectivity index (χ1) is 19.9. The number of nitrogens with two attached hydrogens (primary N) is 1. The van der Waals surface area contributed by atoms with Crippen molar-refractivity contribution in [3.63, 3.8) is 0 Å². The molecule has 4 saturated carbocycles. The van der Waals surface area contributed by atoms with Gasteiger partial charge in [-0.3, -0.25) is 9.78 Å². The lowest BCUT2D eigenvalue weighted by atomic mass is 9.47. The minimum absolute atomic E-state index is 0.0240. The van der Waals surface area contributed by atoms with Gasteiger partial charge in [-0.25, -0.2) is 9.86 Å². The molecule has 8 rings (SSSR count). The standard InChI is InChI=1S/C32H35N5O4/c33-30(39)32-15-21-13-23(16-32)29(24(14-21)17-32)35-31(40)41-37-12-11-36(27-3-1-2-4-28(27)37)25-8-6-22(7-9-25)26-10-5-20(19-38)18-34-26/h1-10,18,21,23-24,29,38H,11-17,19H2,(H2,33,39)(H,35,40)/t21?,23-,24+,29?,32?. The van der Waals surface area contributed by atoms with Crippen LogP contribution in [-0.2, 0) is 16.2 Å². The first-order valence-corrected chi connectivity index (χ1v) is 14.5. The van der Waals surface area contributed by atoms with Crippen LogP contribution in [0.4, 0.5) is 21.9 Å². The van der Waals surface area contributed by atoms with E-state index in [1.807, 2.05) is 48.5 Å². The third-order valence-electron chi connectivity index (χ3n) is 9.72. The molecule has 3 aromatic rings. The van der Waals surface area contributed by atoms with Crippen LogP contribution in [0.1, 0.15) is 37.7 Å². The van der Waals surface area contributed by atoms with Crippen molar-refractivity contribution in [2.75, 3.05) is 23.1 Å². The zero-order valence-electron chi connectivity index (χ0n) is 22.9. The molecule has 0 saturated heterocycles. The van der Waals surface area contributed by atoms with Crippen LogP contribution in [0.25, 0.3) is 11.3 Å². The molecule has 2 amide bonds. The molecule has 5 aliphatic rings. The number of hydrogen-bond donors (Lipinski definition) is 3. The van der Waals surface area contributed by atoms with Gasteiger partial charge in [-0.2, -0.15) is 0 Å². The number of aliphatic hydroxyl groups excluding tert-OH is 1. The van der Waals surface area contributed by atoms with Crippen molar-refractivity contribution in [3.05, 3.63) is 72.4 Å². The van der Waals surface area contributed by atoms with Crippen molar-refractivity contribution < 1.29 is 19.5 Å². The van der Waals surface area contributed by atoms with E-state index in [0.717, 1.165) is 66.0 Å². The average Bonchev–Trinajstić information content (AvgIpc) is 2.99. The van der Waals surface area contributed by atoms with Gasteiger partial charge in [-0.15, -0.1) is 0 Å². The monoisotopic (exact) mass is 553 g/mol. The first-order valence-electron chi connectivity index (χ1n) is 14.5. The van der Waals surface area contributed by atoms with Crippen molar-refractivity contribution in [1.29, 1.82) is 0 Å². The Morgan fingerprint density at radius 2 is 1.71 bits per heavy atom. The van der Waals surface area contributed by atoms with E-state index in [2.05, 4.69) is 27.3 Å². The number of rotatable bonds is 6. The molecular weight excluding hydrogens is 518 g/mol. The normalized spacial score (nSPS) is 27.8. The zero-order valence-corrected chi connectivity index (χ0v) is 22.9. The summed E-state index contributed by atoms with van der Waals surface area (Å²) in [5.74, 6) is 0.911. The van der Waals surface area contributed by atoms with E-state index in [0.29, 0.717) is 19.0 Å². The van der Waals surface area contributed by atoms with Gasteiger partial charge < -0.3 is 25.9 Å². The van der Waals surface area contributed by atoms with Crippen molar-refractivity contribution in [1.82, 2.24) is 10.3 Å². The highest BCUT2D eigenvalue weighted by atomic mass is 16.7. The zero-order chi connectivity index (χ0) is 28.1. The Morgan fingerprint density at radius 1 is 0.976 bits per heavy atom. The molecule has 4 fully saturated rings. The molecule has 212 valence electrons. The SMILES string of the molecule is NC(=O)C12CC3C[C@H](C1)C(NC(=O)ON1CCN(c4ccc(-c5ccc(CO)cn5)cc4)c4ccccc41)[C@@H](C3)C2. The molecule has 3 unspecified atom stereocenters. The number of carbonyl (C=O) groups excluding carboxylic acids is 2. The number of pyridine rings is 1. The number of aliphatic hydroxyl groups is 1. The number of benzene rings is 2. The molecule has 4 bridgehead atoms. The van der Waals surface area contributed by atoms with Crippen LogP contribution in [0.5, 0.6) is 0 Å². The van der Waals surface area contributed by atoms with Gasteiger partial charge in [0.2, 0.25) is 5.91 Å². The highest BCUT2D eigenvalue weighted by Crippen LogP contribution is 2.60. The van der Waals surface area contributed by atoms with E-state index in [1.54, 1.807) is 11.3 Å². The quantitative estimate of drug-likeness (QED) is 0.410. The lowest BCUT2D eigenvalue weighted by molar-refractivity contribution is -0.145. The van der Waals surface area contributed by atoms with Gasteiger partial charge in [0.25, 0.3) is 0 Å². The first kappa shape index (κ1) is 25.8. The minimum atomic E-state index is -0.442. The molecule has 4 aliphatic carbocycles. The number of carbonyl (C=O) groups is 2. The van der Waals surface area contributed by atoms with Gasteiger partial charge >= 0.3 is 6.09 Å². The molecule has 1 aromatic heterocycles. The lowest BCUT2D eigenvalue weighted by Crippen LogP contribution is -2.62. The molecular formula is C32H35N5O4. The predicted molar refractivity (Wildman–Crippen MR) is 155 cm³/mol. The van der Waals surface area contributed by atoms with Gasteiger partial charge in [0.15, 0.2) is 0 Å². The van der Waals surface area contributed by atoms with E-state index in [-0.39, 0.29) is 35.8 Å². The topological polar surface area (TPSA) is 121 Å². The largest absolute Gasteiger partial charge is 0.431 e. The summed E-state index contributed by atoms with van der Waals surface area (Å²) >= 11 is 0. The molecule has 2 aromatic carbocycles. The fourth-order valence-electron chi connectivity index (χ4n) is 8.02. The molecule has 4 N–H and O–H groups in total. The smallest absolute Gasteiger partial charge is 0.392 e. The van der Waals surface area contributed by atoms with Crippen molar-refractivity contribution in [3.8, 4) is 11.3 Å². The number of para-hydroxylation sites is 2. The fourth-order valence-corrected chi connectivity index (χ4v) is 8.02. The van der Waals surface area contributed by atoms with E-state index < -0.39 is 6.09 Å². The van der Waals surface area contributed by atoms with E-state index >= 15 is 0 Å². The number of hydrogen-bond acceptors (Lipinski definition) is 7. The Morgan fingerprint density at radius 3 is 2.37 bits per heavy atom. The number of hydroxylamine groups is 1. The third-order valence-corrected chi connectivity index (χ3v) is 9.72. The fraction of sp³-hybridized carbons (Fsp3) is 0.406. The Bertz CT molecular complexity index is 1440. The number of amides is 2. The maximum atomic E-state index is 13.2. The van der Waals surface area contributed by atoms with Gasteiger partial charge in [0.05, 0.1) is 30.2 Å². The summed E-state index contributed by atoms with van der Waals surface area (Å²) in [7, 11) is 0.